The Balaban J connectivity index is 2.23. The van der Waals surface area contributed by atoms with Gasteiger partial charge in [-0.2, -0.15) is 0 Å². The van der Waals surface area contributed by atoms with Crippen molar-refractivity contribution in [2.75, 3.05) is 0 Å². The van der Waals surface area contributed by atoms with Crippen LogP contribution in [0.4, 0.5) is 0 Å². The number of rotatable bonds is 4. The monoisotopic (exact) mass is 369 g/mol. The van der Waals surface area contributed by atoms with E-state index in [0.717, 1.165) is 9.37 Å². The highest BCUT2D eigenvalue weighted by atomic mass is 79.9. The number of halogens is 1. The van der Waals surface area contributed by atoms with Crippen LogP contribution >= 0.6 is 39.9 Å². The molecule has 0 bridgehead atoms. The fraction of sp³-hybridized carbons (Fsp3) is 0.267. The normalized spacial score (nSPS) is 12.4. The Labute approximate surface area is 137 Å². The van der Waals surface area contributed by atoms with Crippen molar-refractivity contribution in [3.05, 3.63) is 50.6 Å². The molecule has 2 aromatic rings. The lowest BCUT2D eigenvalue weighted by atomic mass is 10.0. The summed E-state index contributed by atoms with van der Waals surface area (Å²) < 4.78 is 0.779. The van der Waals surface area contributed by atoms with E-state index in [2.05, 4.69) is 53.8 Å². The van der Waals surface area contributed by atoms with Gasteiger partial charge >= 0.3 is 0 Å². The zero-order valence-corrected chi connectivity index (χ0v) is 14.6. The number of thiol groups is 1. The third kappa shape index (κ3) is 3.65. The number of nitrogens with one attached hydrogen (secondary N) is 1. The number of benzene rings is 1. The first-order valence-electron chi connectivity index (χ1n) is 6.32. The van der Waals surface area contributed by atoms with E-state index in [1.165, 1.54) is 4.88 Å². The molecule has 0 saturated heterocycles. The largest absolute Gasteiger partial charge is 0.344 e. The molecule has 0 aliphatic heterocycles. The molecule has 0 saturated carbocycles. The fourth-order valence-corrected chi connectivity index (χ4v) is 3.52. The van der Waals surface area contributed by atoms with Crippen LogP contribution in [-0.4, -0.2) is 5.91 Å². The first-order chi connectivity index (χ1) is 9.49. The number of thiophene rings is 1. The third-order valence-electron chi connectivity index (χ3n) is 3.00. The molecule has 1 heterocycles. The van der Waals surface area contributed by atoms with Crippen LogP contribution < -0.4 is 5.32 Å². The molecule has 20 heavy (non-hydrogen) atoms. The van der Waals surface area contributed by atoms with Gasteiger partial charge in [-0.15, -0.1) is 24.0 Å². The van der Waals surface area contributed by atoms with Gasteiger partial charge in [0.2, 0.25) is 0 Å². The van der Waals surface area contributed by atoms with Gasteiger partial charge in [-0.1, -0.05) is 19.9 Å². The summed E-state index contributed by atoms with van der Waals surface area (Å²) in [7, 11) is 0. The average molecular weight is 370 g/mol. The maximum Gasteiger partial charge on any atom is 0.252 e. The molecule has 0 spiro atoms. The van der Waals surface area contributed by atoms with Gasteiger partial charge in [0.15, 0.2) is 0 Å². The average Bonchev–Trinajstić information content (AvgIpc) is 2.91. The lowest BCUT2D eigenvalue weighted by Gasteiger charge is -2.21. The maximum atomic E-state index is 12.5. The van der Waals surface area contributed by atoms with E-state index in [0.29, 0.717) is 11.5 Å². The molecule has 1 amide bonds. The second-order valence-corrected chi connectivity index (χ2v) is 7.22. The van der Waals surface area contributed by atoms with Crippen molar-refractivity contribution in [3.63, 3.8) is 0 Å². The summed E-state index contributed by atoms with van der Waals surface area (Å²) in [6, 6.07) is 9.55. The number of amides is 1. The molecule has 1 aromatic carbocycles. The standard InChI is InChI=1S/C15H16BrNOS2/c1-9(2)14(13-4-3-7-20-13)17-15(18)11-8-10(19)5-6-12(11)16/h3-9,14,19H,1-2H3,(H,17,18). The molecule has 2 rings (SSSR count). The summed E-state index contributed by atoms with van der Waals surface area (Å²) in [5.74, 6) is 0.246. The van der Waals surface area contributed by atoms with Crippen LogP contribution in [0.25, 0.3) is 0 Å². The summed E-state index contributed by atoms with van der Waals surface area (Å²) in [4.78, 5) is 14.4. The van der Waals surface area contributed by atoms with Gasteiger partial charge in [0.05, 0.1) is 11.6 Å². The molecule has 1 N–H and O–H groups in total. The van der Waals surface area contributed by atoms with Gasteiger partial charge in [0.25, 0.3) is 5.91 Å². The zero-order chi connectivity index (χ0) is 14.7. The number of carbonyl (C=O) groups is 1. The molecule has 1 atom stereocenters. The van der Waals surface area contributed by atoms with E-state index in [1.807, 2.05) is 23.6 Å². The van der Waals surface area contributed by atoms with Gasteiger partial charge in [-0.05, 0) is 51.5 Å². The van der Waals surface area contributed by atoms with Crippen molar-refractivity contribution < 1.29 is 4.79 Å². The summed E-state index contributed by atoms with van der Waals surface area (Å²) in [5, 5.41) is 5.14. The van der Waals surface area contributed by atoms with Crippen molar-refractivity contribution in [3.8, 4) is 0 Å². The summed E-state index contributed by atoms with van der Waals surface area (Å²) in [6.07, 6.45) is 0. The summed E-state index contributed by atoms with van der Waals surface area (Å²) >= 11 is 9.37. The number of hydrogen-bond donors (Lipinski definition) is 2. The highest BCUT2D eigenvalue weighted by molar-refractivity contribution is 9.10. The second-order valence-electron chi connectivity index (χ2n) is 4.87. The Morgan fingerprint density at radius 2 is 2.10 bits per heavy atom. The van der Waals surface area contributed by atoms with Gasteiger partial charge < -0.3 is 5.32 Å². The Bertz CT molecular complexity index is 596. The van der Waals surface area contributed by atoms with Gasteiger partial charge in [-0.25, -0.2) is 0 Å². The van der Waals surface area contributed by atoms with Crippen molar-refractivity contribution in [1.82, 2.24) is 5.32 Å². The van der Waals surface area contributed by atoms with Crippen LogP contribution in [-0.2, 0) is 0 Å². The highest BCUT2D eigenvalue weighted by Gasteiger charge is 2.21. The van der Waals surface area contributed by atoms with E-state index in [1.54, 1.807) is 17.4 Å². The van der Waals surface area contributed by atoms with E-state index < -0.39 is 0 Å². The third-order valence-corrected chi connectivity index (χ3v) is 4.92. The van der Waals surface area contributed by atoms with E-state index in [4.69, 9.17) is 0 Å². The van der Waals surface area contributed by atoms with Gasteiger partial charge in [0, 0.05) is 14.2 Å². The van der Waals surface area contributed by atoms with Crippen LogP contribution in [0.2, 0.25) is 0 Å². The molecule has 2 nitrogen and oxygen atoms in total. The SMILES string of the molecule is CC(C)C(NC(=O)c1cc(S)ccc1Br)c1cccs1. The molecule has 5 heteroatoms. The molecule has 0 aliphatic rings. The quantitative estimate of drug-likeness (QED) is 0.735. The predicted octanol–water partition coefficient (Wildman–Crippen LogP) is 4.93. The van der Waals surface area contributed by atoms with Crippen LogP contribution in [0, 0.1) is 5.92 Å². The Morgan fingerprint density at radius 3 is 2.70 bits per heavy atom. The van der Waals surface area contributed by atoms with Gasteiger partial charge in [0.1, 0.15) is 0 Å². The zero-order valence-electron chi connectivity index (χ0n) is 11.3. The van der Waals surface area contributed by atoms with E-state index in [-0.39, 0.29) is 11.9 Å². The van der Waals surface area contributed by atoms with Crippen LogP contribution in [0.15, 0.2) is 45.1 Å². The second kappa shape index (κ2) is 6.78. The Hall–Kier alpha value is -0.780. The molecule has 0 fully saturated rings. The van der Waals surface area contributed by atoms with E-state index >= 15 is 0 Å². The van der Waals surface area contributed by atoms with Crippen molar-refractivity contribution in [2.24, 2.45) is 5.92 Å². The van der Waals surface area contributed by atoms with Crippen molar-refractivity contribution in [2.45, 2.75) is 24.8 Å². The minimum atomic E-state index is -0.0834. The van der Waals surface area contributed by atoms with Gasteiger partial charge in [-0.3, -0.25) is 4.79 Å². The Morgan fingerprint density at radius 1 is 1.35 bits per heavy atom. The topological polar surface area (TPSA) is 29.1 Å². The molecule has 0 radical (unpaired) electrons. The predicted molar refractivity (Wildman–Crippen MR) is 90.8 cm³/mol. The molecular formula is C15H16BrNOS2. The smallest absolute Gasteiger partial charge is 0.252 e. The van der Waals surface area contributed by atoms with Crippen LogP contribution in [0.5, 0.6) is 0 Å². The molecule has 1 unspecified atom stereocenters. The molecule has 0 aliphatic carbocycles. The van der Waals surface area contributed by atoms with Crippen molar-refractivity contribution >= 4 is 45.8 Å². The lowest BCUT2D eigenvalue weighted by Crippen LogP contribution is -2.31. The van der Waals surface area contributed by atoms with Crippen LogP contribution in [0.1, 0.15) is 35.1 Å². The molecular weight excluding hydrogens is 354 g/mol. The van der Waals surface area contributed by atoms with E-state index in [9.17, 15) is 4.79 Å². The number of hydrogen-bond acceptors (Lipinski definition) is 3. The minimum absolute atomic E-state index is 0.0259. The number of carbonyl (C=O) groups excluding carboxylic acids is 1. The molecule has 1 aromatic heterocycles. The lowest BCUT2D eigenvalue weighted by molar-refractivity contribution is 0.0925. The van der Waals surface area contributed by atoms with Crippen molar-refractivity contribution in [1.29, 1.82) is 0 Å². The highest BCUT2D eigenvalue weighted by Crippen LogP contribution is 2.27. The molecule has 106 valence electrons. The summed E-state index contributed by atoms with van der Waals surface area (Å²) in [6.45, 7) is 4.21. The fourth-order valence-electron chi connectivity index (χ4n) is 1.94. The summed E-state index contributed by atoms with van der Waals surface area (Å²) in [5.41, 5.74) is 0.611. The minimum Gasteiger partial charge on any atom is -0.344 e. The maximum absolute atomic E-state index is 12.5. The first-order valence-corrected chi connectivity index (χ1v) is 8.44. The first kappa shape index (κ1) is 15.6. The van der Waals surface area contributed by atoms with Crippen LogP contribution in [0.3, 0.4) is 0 Å². The Kier molecular flexibility index (Phi) is 5.29.